The van der Waals surface area contributed by atoms with Crippen molar-refractivity contribution in [3.63, 3.8) is 0 Å². The van der Waals surface area contributed by atoms with Crippen LogP contribution in [0.1, 0.15) is 32.6 Å². The molecule has 15 heavy (non-hydrogen) atoms. The van der Waals surface area contributed by atoms with E-state index < -0.39 is 0 Å². The molecule has 0 aromatic heterocycles. The van der Waals surface area contributed by atoms with E-state index >= 15 is 0 Å². The molecule has 1 heterocycles. The van der Waals surface area contributed by atoms with E-state index in [-0.39, 0.29) is 5.41 Å². The van der Waals surface area contributed by atoms with Gasteiger partial charge in [-0.3, -0.25) is 4.79 Å². The fraction of sp³-hybridized carbons (Fsp3) is 0.917. The molecule has 2 aliphatic carbocycles. The zero-order chi connectivity index (χ0) is 10.5. The van der Waals surface area contributed by atoms with Crippen LogP contribution in [0, 0.1) is 17.3 Å². The molecule has 3 aliphatic rings. The van der Waals surface area contributed by atoms with Crippen molar-refractivity contribution in [1.29, 1.82) is 0 Å². The highest BCUT2D eigenvalue weighted by Crippen LogP contribution is 2.46. The second-order valence-corrected chi connectivity index (χ2v) is 5.47. The molecule has 2 saturated carbocycles. The molecule has 2 unspecified atom stereocenters. The molecule has 0 radical (unpaired) electrons. The van der Waals surface area contributed by atoms with Crippen LogP contribution in [-0.4, -0.2) is 25.0 Å². The molecule has 3 heteroatoms. The van der Waals surface area contributed by atoms with Crippen LogP contribution in [0.2, 0.25) is 0 Å². The summed E-state index contributed by atoms with van der Waals surface area (Å²) in [5, 5.41) is 6.63. The summed E-state index contributed by atoms with van der Waals surface area (Å²) in [5.41, 5.74) is 0.0182. The Kier molecular flexibility index (Phi) is 2.06. The van der Waals surface area contributed by atoms with Gasteiger partial charge in [0.1, 0.15) is 0 Å². The van der Waals surface area contributed by atoms with Crippen LogP contribution in [0.25, 0.3) is 0 Å². The number of hydrogen-bond acceptors (Lipinski definition) is 2. The van der Waals surface area contributed by atoms with Crippen molar-refractivity contribution < 1.29 is 4.79 Å². The van der Waals surface area contributed by atoms with Gasteiger partial charge in [-0.25, -0.2) is 0 Å². The zero-order valence-electron chi connectivity index (χ0n) is 9.38. The summed E-state index contributed by atoms with van der Waals surface area (Å²) >= 11 is 0. The van der Waals surface area contributed by atoms with Gasteiger partial charge in [0, 0.05) is 24.5 Å². The van der Waals surface area contributed by atoms with Crippen LogP contribution >= 0.6 is 0 Å². The monoisotopic (exact) mass is 208 g/mol. The lowest BCUT2D eigenvalue weighted by molar-refractivity contribution is -0.136. The molecule has 1 saturated heterocycles. The van der Waals surface area contributed by atoms with Gasteiger partial charge in [-0.15, -0.1) is 0 Å². The molecular weight excluding hydrogens is 188 g/mol. The topological polar surface area (TPSA) is 41.1 Å². The summed E-state index contributed by atoms with van der Waals surface area (Å²) < 4.78 is 0. The van der Waals surface area contributed by atoms with E-state index in [4.69, 9.17) is 0 Å². The zero-order valence-corrected chi connectivity index (χ0v) is 9.38. The van der Waals surface area contributed by atoms with Gasteiger partial charge in [0.2, 0.25) is 5.91 Å². The highest BCUT2D eigenvalue weighted by Gasteiger charge is 2.55. The fourth-order valence-electron chi connectivity index (χ4n) is 3.28. The van der Waals surface area contributed by atoms with E-state index in [0.29, 0.717) is 11.9 Å². The predicted molar refractivity (Wildman–Crippen MR) is 58.4 cm³/mol. The van der Waals surface area contributed by atoms with Crippen LogP contribution in [0.4, 0.5) is 0 Å². The van der Waals surface area contributed by atoms with E-state index in [9.17, 15) is 4.79 Å². The van der Waals surface area contributed by atoms with Crippen molar-refractivity contribution >= 4 is 5.91 Å². The normalized spacial score (nSPS) is 40.5. The Bertz CT molecular complexity index is 270. The lowest BCUT2D eigenvalue weighted by atomic mass is 9.66. The third-order valence-corrected chi connectivity index (χ3v) is 4.86. The summed E-state index contributed by atoms with van der Waals surface area (Å²) in [6, 6.07) is 0.503. The first-order chi connectivity index (χ1) is 7.27. The van der Waals surface area contributed by atoms with Crippen molar-refractivity contribution in [3.05, 3.63) is 0 Å². The Hall–Kier alpha value is -0.570. The molecule has 2 atom stereocenters. The standard InChI is InChI=1S/C12H20N2O/c1-2-12(4-3-5-12)11(15)14-10-8-6-13-7-9(8)10/h8-10,13H,2-7H2,1H3,(H,14,15). The van der Waals surface area contributed by atoms with Crippen molar-refractivity contribution in [1.82, 2.24) is 10.6 Å². The average molecular weight is 208 g/mol. The Morgan fingerprint density at radius 1 is 1.40 bits per heavy atom. The second kappa shape index (κ2) is 3.21. The van der Waals surface area contributed by atoms with Gasteiger partial charge in [0.25, 0.3) is 0 Å². The number of hydrogen-bond donors (Lipinski definition) is 2. The first-order valence-electron chi connectivity index (χ1n) is 6.28. The first kappa shape index (κ1) is 9.64. The highest BCUT2D eigenvalue weighted by molar-refractivity contribution is 5.84. The summed E-state index contributed by atoms with van der Waals surface area (Å²) in [6.45, 7) is 4.36. The van der Waals surface area contributed by atoms with Crippen molar-refractivity contribution in [2.45, 2.75) is 38.6 Å². The minimum atomic E-state index is 0.0182. The van der Waals surface area contributed by atoms with Gasteiger partial charge in [0.05, 0.1) is 0 Å². The van der Waals surface area contributed by atoms with Gasteiger partial charge in [-0.05, 0) is 31.1 Å². The van der Waals surface area contributed by atoms with Crippen molar-refractivity contribution in [2.24, 2.45) is 17.3 Å². The number of piperidine rings is 1. The minimum absolute atomic E-state index is 0.0182. The number of carbonyl (C=O) groups is 1. The molecule has 0 aromatic rings. The van der Waals surface area contributed by atoms with Gasteiger partial charge < -0.3 is 10.6 Å². The van der Waals surface area contributed by atoms with Gasteiger partial charge >= 0.3 is 0 Å². The Balaban J connectivity index is 1.57. The van der Waals surface area contributed by atoms with Gasteiger partial charge in [0.15, 0.2) is 0 Å². The molecule has 2 N–H and O–H groups in total. The maximum atomic E-state index is 12.1. The van der Waals surface area contributed by atoms with Gasteiger partial charge in [-0.2, -0.15) is 0 Å². The Labute approximate surface area is 91.0 Å². The predicted octanol–water partition coefficient (Wildman–Crippen LogP) is 0.901. The highest BCUT2D eigenvalue weighted by atomic mass is 16.2. The van der Waals surface area contributed by atoms with Crippen LogP contribution in [0.5, 0.6) is 0 Å². The maximum Gasteiger partial charge on any atom is 0.226 e. The molecular formula is C12H20N2O. The molecule has 0 aromatic carbocycles. The Morgan fingerprint density at radius 3 is 2.53 bits per heavy atom. The number of nitrogens with one attached hydrogen (secondary N) is 2. The smallest absolute Gasteiger partial charge is 0.226 e. The first-order valence-corrected chi connectivity index (χ1v) is 6.28. The van der Waals surface area contributed by atoms with Crippen LogP contribution in [-0.2, 0) is 4.79 Å². The summed E-state index contributed by atoms with van der Waals surface area (Å²) in [5.74, 6) is 1.82. The van der Waals surface area contributed by atoms with Crippen LogP contribution < -0.4 is 10.6 Å². The van der Waals surface area contributed by atoms with Crippen molar-refractivity contribution in [3.8, 4) is 0 Å². The molecule has 1 amide bonds. The number of rotatable bonds is 3. The number of carbonyl (C=O) groups excluding carboxylic acids is 1. The lowest BCUT2D eigenvalue weighted by Crippen LogP contribution is -2.47. The van der Waals surface area contributed by atoms with Crippen molar-refractivity contribution in [2.75, 3.05) is 13.1 Å². The molecule has 3 nitrogen and oxygen atoms in total. The molecule has 0 spiro atoms. The van der Waals surface area contributed by atoms with Crippen LogP contribution in [0.3, 0.4) is 0 Å². The summed E-state index contributed by atoms with van der Waals surface area (Å²) in [4.78, 5) is 12.1. The molecule has 84 valence electrons. The fourth-order valence-corrected chi connectivity index (χ4v) is 3.28. The molecule has 3 rings (SSSR count). The molecule has 1 aliphatic heterocycles. The number of amides is 1. The average Bonchev–Trinajstić information content (AvgIpc) is 2.61. The van der Waals surface area contributed by atoms with Gasteiger partial charge in [-0.1, -0.05) is 13.3 Å². The second-order valence-electron chi connectivity index (χ2n) is 5.47. The molecule has 0 bridgehead atoms. The van der Waals surface area contributed by atoms with E-state index in [1.54, 1.807) is 0 Å². The summed E-state index contributed by atoms with van der Waals surface area (Å²) in [7, 11) is 0. The van der Waals surface area contributed by atoms with E-state index in [2.05, 4.69) is 17.6 Å². The third kappa shape index (κ3) is 1.32. The van der Waals surface area contributed by atoms with Crippen LogP contribution in [0.15, 0.2) is 0 Å². The summed E-state index contributed by atoms with van der Waals surface area (Å²) in [6.07, 6.45) is 4.46. The quantitative estimate of drug-likeness (QED) is 0.723. The minimum Gasteiger partial charge on any atom is -0.352 e. The van der Waals surface area contributed by atoms with E-state index in [1.807, 2.05) is 0 Å². The Morgan fingerprint density at radius 2 is 2.07 bits per heavy atom. The van der Waals surface area contributed by atoms with E-state index in [1.165, 1.54) is 6.42 Å². The molecule has 3 fully saturated rings. The van der Waals surface area contributed by atoms with E-state index in [0.717, 1.165) is 44.2 Å². The lowest BCUT2D eigenvalue weighted by Gasteiger charge is -2.39. The third-order valence-electron chi connectivity index (χ3n) is 4.86. The number of fused-ring (bicyclic) bond motifs is 1. The largest absolute Gasteiger partial charge is 0.352 e. The maximum absolute atomic E-state index is 12.1. The SMILES string of the molecule is CCC1(C(=O)NC2C3CNCC32)CCC1.